The first-order chi connectivity index (χ1) is 9.52. The van der Waals surface area contributed by atoms with Crippen molar-refractivity contribution in [1.29, 1.82) is 0 Å². The zero-order valence-corrected chi connectivity index (χ0v) is 11.7. The summed E-state index contributed by atoms with van der Waals surface area (Å²) in [6, 6.07) is 5.53. The summed E-state index contributed by atoms with van der Waals surface area (Å²) in [5.41, 5.74) is 0.237. The zero-order valence-electron chi connectivity index (χ0n) is 10.9. The minimum absolute atomic E-state index is 0.237. The van der Waals surface area contributed by atoms with E-state index in [2.05, 4.69) is 5.32 Å². The number of hydrogen-bond acceptors (Lipinski definition) is 4. The fraction of sp³-hybridized carbons (Fsp3) is 0.308. The molecule has 108 valence electrons. The number of rotatable bonds is 5. The Labute approximate surface area is 121 Å². The molecule has 20 heavy (non-hydrogen) atoms. The van der Waals surface area contributed by atoms with Gasteiger partial charge in [-0.05, 0) is 24.6 Å². The van der Waals surface area contributed by atoms with Gasteiger partial charge in [-0.1, -0.05) is 24.6 Å². The zero-order chi connectivity index (χ0) is 15.0. The highest BCUT2D eigenvalue weighted by Crippen LogP contribution is 2.11. The molecule has 1 rings (SSSR count). The van der Waals surface area contributed by atoms with Crippen LogP contribution in [0, 0.1) is 0 Å². The lowest BCUT2D eigenvalue weighted by Gasteiger charge is -2.06. The summed E-state index contributed by atoms with van der Waals surface area (Å²) in [4.78, 5) is 34.1. The van der Waals surface area contributed by atoms with E-state index in [4.69, 9.17) is 16.3 Å². The van der Waals surface area contributed by atoms with Crippen LogP contribution in [0.25, 0.3) is 0 Å². The fourth-order valence-corrected chi connectivity index (χ4v) is 1.47. The maximum atomic E-state index is 11.6. The minimum Gasteiger partial charge on any atom is -0.452 e. The predicted molar refractivity (Wildman–Crippen MR) is 73.6 cm³/mol. The van der Waals surface area contributed by atoms with Crippen LogP contribution in [0.5, 0.6) is 0 Å². The lowest BCUT2D eigenvalue weighted by Crippen LogP contribution is -2.41. The van der Waals surface area contributed by atoms with E-state index in [0.717, 1.165) is 6.42 Å². The minimum atomic E-state index is -0.700. The Morgan fingerprint density at radius 1 is 1.30 bits per heavy atom. The Kier molecular flexibility index (Phi) is 6.52. The number of esters is 1. The molecule has 6 nitrogen and oxygen atoms in total. The SMILES string of the molecule is CCCNC(=O)NC(=O)COC(=O)c1cccc(Cl)c1. The molecule has 0 saturated heterocycles. The normalized spacial score (nSPS) is 9.70. The summed E-state index contributed by atoms with van der Waals surface area (Å²) in [6.45, 7) is 1.81. The van der Waals surface area contributed by atoms with Gasteiger partial charge in [0.2, 0.25) is 0 Å². The first kappa shape index (κ1) is 16.0. The summed E-state index contributed by atoms with van der Waals surface area (Å²) in [5.74, 6) is -1.38. The number of urea groups is 1. The van der Waals surface area contributed by atoms with Gasteiger partial charge in [-0.2, -0.15) is 0 Å². The number of carbonyl (C=O) groups excluding carboxylic acids is 3. The highest BCUT2D eigenvalue weighted by molar-refractivity contribution is 6.30. The fourth-order valence-electron chi connectivity index (χ4n) is 1.28. The Hall–Kier alpha value is -2.08. The van der Waals surface area contributed by atoms with E-state index >= 15 is 0 Å². The molecular weight excluding hydrogens is 284 g/mol. The van der Waals surface area contributed by atoms with E-state index in [9.17, 15) is 14.4 Å². The van der Waals surface area contributed by atoms with Crippen LogP contribution in [-0.4, -0.2) is 31.1 Å². The monoisotopic (exact) mass is 298 g/mol. The molecule has 0 bridgehead atoms. The first-order valence-electron chi connectivity index (χ1n) is 6.03. The molecule has 3 amide bonds. The largest absolute Gasteiger partial charge is 0.452 e. The molecule has 0 unspecified atom stereocenters. The molecular formula is C13H15ClN2O4. The highest BCUT2D eigenvalue weighted by atomic mass is 35.5. The van der Waals surface area contributed by atoms with E-state index in [-0.39, 0.29) is 5.56 Å². The van der Waals surface area contributed by atoms with E-state index in [1.165, 1.54) is 12.1 Å². The van der Waals surface area contributed by atoms with Crippen LogP contribution in [0.1, 0.15) is 23.7 Å². The quantitative estimate of drug-likeness (QED) is 0.811. The molecule has 1 aromatic carbocycles. The lowest BCUT2D eigenvalue weighted by molar-refractivity contribution is -0.123. The van der Waals surface area contributed by atoms with Crippen LogP contribution in [0.2, 0.25) is 5.02 Å². The number of carbonyl (C=O) groups is 3. The van der Waals surface area contributed by atoms with Gasteiger partial charge in [0.15, 0.2) is 6.61 Å². The Morgan fingerprint density at radius 3 is 2.70 bits per heavy atom. The first-order valence-corrected chi connectivity index (χ1v) is 6.41. The van der Waals surface area contributed by atoms with E-state index in [1.54, 1.807) is 12.1 Å². The summed E-state index contributed by atoms with van der Waals surface area (Å²) in [6.07, 6.45) is 0.755. The summed E-state index contributed by atoms with van der Waals surface area (Å²) in [7, 11) is 0. The predicted octanol–water partition coefficient (Wildman–Crippen LogP) is 1.73. The Morgan fingerprint density at radius 2 is 2.05 bits per heavy atom. The Balaban J connectivity index is 2.37. The maximum Gasteiger partial charge on any atom is 0.338 e. The number of amides is 3. The highest BCUT2D eigenvalue weighted by Gasteiger charge is 2.12. The van der Waals surface area contributed by atoms with Crippen molar-refractivity contribution in [3.63, 3.8) is 0 Å². The molecule has 0 saturated carbocycles. The lowest BCUT2D eigenvalue weighted by atomic mass is 10.2. The second kappa shape index (κ2) is 8.16. The van der Waals surface area contributed by atoms with E-state index < -0.39 is 24.5 Å². The van der Waals surface area contributed by atoms with Crippen LogP contribution in [0.3, 0.4) is 0 Å². The van der Waals surface area contributed by atoms with Crippen LogP contribution in [-0.2, 0) is 9.53 Å². The van der Waals surface area contributed by atoms with Crippen molar-refractivity contribution >= 4 is 29.5 Å². The van der Waals surface area contributed by atoms with Crippen molar-refractivity contribution in [2.45, 2.75) is 13.3 Å². The smallest absolute Gasteiger partial charge is 0.338 e. The van der Waals surface area contributed by atoms with Crippen molar-refractivity contribution in [2.75, 3.05) is 13.2 Å². The summed E-state index contributed by atoms with van der Waals surface area (Å²) < 4.78 is 4.76. The van der Waals surface area contributed by atoms with Gasteiger partial charge < -0.3 is 10.1 Å². The van der Waals surface area contributed by atoms with Gasteiger partial charge in [0.05, 0.1) is 5.56 Å². The van der Waals surface area contributed by atoms with Gasteiger partial charge in [-0.3, -0.25) is 10.1 Å². The standard InChI is InChI=1S/C13H15ClN2O4/c1-2-6-15-13(19)16-11(17)8-20-12(18)9-4-3-5-10(14)7-9/h3-5,7H,2,6,8H2,1H3,(H2,15,16,17,19). The third-order valence-corrected chi connectivity index (χ3v) is 2.42. The number of imide groups is 1. The molecule has 0 aliphatic rings. The average molecular weight is 299 g/mol. The van der Waals surface area contributed by atoms with Crippen molar-refractivity contribution in [1.82, 2.24) is 10.6 Å². The van der Waals surface area contributed by atoms with Crippen LogP contribution in [0.4, 0.5) is 4.79 Å². The second-order valence-corrected chi connectivity index (χ2v) is 4.33. The average Bonchev–Trinajstić information content (AvgIpc) is 2.42. The Bertz CT molecular complexity index is 505. The van der Waals surface area contributed by atoms with Crippen molar-refractivity contribution in [3.8, 4) is 0 Å². The number of hydrogen-bond donors (Lipinski definition) is 2. The summed E-state index contributed by atoms with van der Waals surface area (Å²) in [5, 5.41) is 4.89. The third-order valence-electron chi connectivity index (χ3n) is 2.18. The van der Waals surface area contributed by atoms with Crippen molar-refractivity contribution in [2.24, 2.45) is 0 Å². The number of nitrogens with one attached hydrogen (secondary N) is 2. The van der Waals surface area contributed by atoms with E-state index in [1.807, 2.05) is 12.2 Å². The molecule has 0 heterocycles. The van der Waals surface area contributed by atoms with Crippen LogP contribution < -0.4 is 10.6 Å². The van der Waals surface area contributed by atoms with Gasteiger partial charge in [0, 0.05) is 11.6 Å². The molecule has 0 aliphatic carbocycles. The molecule has 0 aromatic heterocycles. The second-order valence-electron chi connectivity index (χ2n) is 3.89. The molecule has 0 spiro atoms. The van der Waals surface area contributed by atoms with Gasteiger partial charge in [-0.25, -0.2) is 9.59 Å². The number of benzene rings is 1. The molecule has 0 fully saturated rings. The van der Waals surface area contributed by atoms with Crippen LogP contribution in [0.15, 0.2) is 24.3 Å². The van der Waals surface area contributed by atoms with E-state index in [0.29, 0.717) is 11.6 Å². The van der Waals surface area contributed by atoms with Gasteiger partial charge in [0.25, 0.3) is 5.91 Å². The van der Waals surface area contributed by atoms with Gasteiger partial charge in [-0.15, -0.1) is 0 Å². The topological polar surface area (TPSA) is 84.5 Å². The number of halogens is 1. The molecule has 7 heteroatoms. The molecule has 0 radical (unpaired) electrons. The molecule has 2 N–H and O–H groups in total. The molecule has 0 aliphatic heterocycles. The van der Waals surface area contributed by atoms with Crippen molar-refractivity contribution < 1.29 is 19.1 Å². The van der Waals surface area contributed by atoms with Crippen LogP contribution >= 0.6 is 11.6 Å². The third kappa shape index (κ3) is 5.71. The van der Waals surface area contributed by atoms with Crippen molar-refractivity contribution in [3.05, 3.63) is 34.9 Å². The number of ether oxygens (including phenoxy) is 1. The van der Waals surface area contributed by atoms with Gasteiger partial charge >= 0.3 is 12.0 Å². The molecule has 0 atom stereocenters. The molecule has 1 aromatic rings. The summed E-state index contributed by atoms with van der Waals surface area (Å²) >= 11 is 5.73. The maximum absolute atomic E-state index is 11.6. The van der Waals surface area contributed by atoms with Gasteiger partial charge in [0.1, 0.15) is 0 Å².